The van der Waals surface area contributed by atoms with Crippen molar-refractivity contribution in [1.29, 1.82) is 0 Å². The molecule has 7 nitrogen and oxygen atoms in total. The second-order valence-corrected chi connectivity index (χ2v) is 9.73. The number of phenols is 1. The van der Waals surface area contributed by atoms with Crippen LogP contribution in [0.3, 0.4) is 0 Å². The monoisotopic (exact) mass is 494 g/mol. The average molecular weight is 495 g/mol. The molecule has 2 aromatic carbocycles. The van der Waals surface area contributed by atoms with Gasteiger partial charge >= 0.3 is 0 Å². The molecule has 2 atom stereocenters. The second kappa shape index (κ2) is 13.6. The number of rotatable bonds is 13. The Labute approximate surface area is 210 Å². The van der Waals surface area contributed by atoms with Crippen LogP contribution in [-0.4, -0.2) is 36.1 Å². The van der Waals surface area contributed by atoms with Crippen LogP contribution in [0.4, 0.5) is 0 Å². The molecule has 0 saturated heterocycles. The molecule has 0 aliphatic carbocycles. The third-order valence-corrected chi connectivity index (χ3v) is 6.92. The lowest BCUT2D eigenvalue weighted by Crippen LogP contribution is -2.50. The highest BCUT2D eigenvalue weighted by molar-refractivity contribution is 7.12. The fraction of sp³-hybridized carbons (Fsp3) is 0.333. The molecule has 8 heteroatoms. The van der Waals surface area contributed by atoms with Gasteiger partial charge in [-0.1, -0.05) is 42.5 Å². The van der Waals surface area contributed by atoms with Crippen molar-refractivity contribution in [3.05, 3.63) is 87.6 Å². The zero-order valence-corrected chi connectivity index (χ0v) is 20.6. The van der Waals surface area contributed by atoms with E-state index < -0.39 is 18.0 Å². The van der Waals surface area contributed by atoms with Gasteiger partial charge < -0.3 is 27.2 Å². The SMILES string of the molecule is NCCCCc1ccc(CCNC(=O)[C@H](Cc2ccc(O)cc2)NC(=O)[C@H](N)c2ccccc2)s1. The normalized spacial score (nSPS) is 12.6. The van der Waals surface area contributed by atoms with Gasteiger partial charge in [-0.25, -0.2) is 0 Å². The van der Waals surface area contributed by atoms with E-state index in [9.17, 15) is 14.7 Å². The smallest absolute Gasteiger partial charge is 0.242 e. The van der Waals surface area contributed by atoms with Gasteiger partial charge in [0.2, 0.25) is 11.8 Å². The zero-order valence-electron chi connectivity index (χ0n) is 19.8. The largest absolute Gasteiger partial charge is 0.508 e. The summed E-state index contributed by atoms with van der Waals surface area (Å²) >= 11 is 1.76. The van der Waals surface area contributed by atoms with Gasteiger partial charge in [0.15, 0.2) is 0 Å². The summed E-state index contributed by atoms with van der Waals surface area (Å²) < 4.78 is 0. The summed E-state index contributed by atoms with van der Waals surface area (Å²) in [4.78, 5) is 28.4. The van der Waals surface area contributed by atoms with Crippen molar-refractivity contribution in [2.24, 2.45) is 11.5 Å². The van der Waals surface area contributed by atoms with Crippen molar-refractivity contribution in [2.75, 3.05) is 13.1 Å². The lowest BCUT2D eigenvalue weighted by atomic mass is 10.0. The Morgan fingerprint density at radius 2 is 1.57 bits per heavy atom. The summed E-state index contributed by atoms with van der Waals surface area (Å²) in [7, 11) is 0. The molecule has 0 bridgehead atoms. The summed E-state index contributed by atoms with van der Waals surface area (Å²) in [6.07, 6.45) is 4.12. The molecule has 0 unspecified atom stereocenters. The van der Waals surface area contributed by atoms with E-state index in [0.717, 1.165) is 31.2 Å². The highest BCUT2D eigenvalue weighted by atomic mass is 32.1. The minimum Gasteiger partial charge on any atom is -0.508 e. The van der Waals surface area contributed by atoms with Gasteiger partial charge in [-0.3, -0.25) is 9.59 Å². The molecular formula is C27H34N4O3S. The number of phenolic OH excluding ortho intramolecular Hbond substituents is 1. The van der Waals surface area contributed by atoms with Crippen molar-refractivity contribution in [3.63, 3.8) is 0 Å². The first-order valence-corrected chi connectivity index (χ1v) is 12.7. The van der Waals surface area contributed by atoms with Crippen LogP contribution in [0.5, 0.6) is 5.75 Å². The van der Waals surface area contributed by atoms with E-state index >= 15 is 0 Å². The van der Waals surface area contributed by atoms with Gasteiger partial charge in [0, 0.05) is 22.7 Å². The molecule has 3 aromatic rings. The molecule has 0 fully saturated rings. The molecule has 0 spiro atoms. The number of nitrogens with one attached hydrogen (secondary N) is 2. The molecule has 0 aliphatic heterocycles. The third kappa shape index (κ3) is 8.51. The first-order chi connectivity index (χ1) is 17.0. The molecule has 2 amide bonds. The van der Waals surface area contributed by atoms with Gasteiger partial charge in [-0.15, -0.1) is 11.3 Å². The van der Waals surface area contributed by atoms with Crippen LogP contribution in [0.2, 0.25) is 0 Å². The summed E-state index contributed by atoms with van der Waals surface area (Å²) in [5.41, 5.74) is 13.2. The number of aromatic hydroxyl groups is 1. The van der Waals surface area contributed by atoms with Gasteiger partial charge in [-0.05, 0) is 67.6 Å². The van der Waals surface area contributed by atoms with Crippen LogP contribution < -0.4 is 22.1 Å². The van der Waals surface area contributed by atoms with E-state index in [2.05, 4.69) is 22.8 Å². The van der Waals surface area contributed by atoms with Crippen molar-refractivity contribution < 1.29 is 14.7 Å². The molecular weight excluding hydrogens is 460 g/mol. The van der Waals surface area contributed by atoms with Gasteiger partial charge in [-0.2, -0.15) is 0 Å². The Balaban J connectivity index is 1.60. The first kappa shape index (κ1) is 26.4. The van der Waals surface area contributed by atoms with Crippen LogP contribution in [0.1, 0.15) is 39.8 Å². The van der Waals surface area contributed by atoms with Gasteiger partial charge in [0.25, 0.3) is 0 Å². The van der Waals surface area contributed by atoms with Crippen LogP contribution in [-0.2, 0) is 28.9 Å². The first-order valence-electron chi connectivity index (χ1n) is 11.9. The number of nitrogens with two attached hydrogens (primary N) is 2. The Morgan fingerprint density at radius 1 is 0.886 bits per heavy atom. The number of hydrogen-bond acceptors (Lipinski definition) is 6. The summed E-state index contributed by atoms with van der Waals surface area (Å²) in [5.74, 6) is -0.551. The Morgan fingerprint density at radius 3 is 2.26 bits per heavy atom. The Bertz CT molecular complexity index is 1070. The predicted octanol–water partition coefficient (Wildman–Crippen LogP) is 2.82. The lowest BCUT2D eigenvalue weighted by molar-refractivity contribution is -0.129. The van der Waals surface area contributed by atoms with Crippen molar-refractivity contribution >= 4 is 23.2 Å². The topological polar surface area (TPSA) is 130 Å². The number of carbonyl (C=O) groups excluding carboxylic acids is 2. The fourth-order valence-electron chi connectivity index (χ4n) is 3.72. The molecule has 0 radical (unpaired) electrons. The number of carbonyl (C=O) groups is 2. The maximum Gasteiger partial charge on any atom is 0.242 e. The van der Waals surface area contributed by atoms with Crippen molar-refractivity contribution in [3.8, 4) is 5.75 Å². The van der Waals surface area contributed by atoms with Gasteiger partial charge in [0.1, 0.15) is 17.8 Å². The zero-order chi connectivity index (χ0) is 25.0. The van der Waals surface area contributed by atoms with Crippen LogP contribution in [0.15, 0.2) is 66.7 Å². The van der Waals surface area contributed by atoms with Crippen LogP contribution in [0.25, 0.3) is 0 Å². The van der Waals surface area contributed by atoms with Crippen molar-refractivity contribution in [1.82, 2.24) is 10.6 Å². The van der Waals surface area contributed by atoms with Crippen molar-refractivity contribution in [2.45, 2.75) is 44.2 Å². The summed E-state index contributed by atoms with van der Waals surface area (Å²) in [5, 5.41) is 15.3. The highest BCUT2D eigenvalue weighted by Crippen LogP contribution is 2.19. The van der Waals surface area contributed by atoms with E-state index in [4.69, 9.17) is 11.5 Å². The van der Waals surface area contributed by atoms with E-state index in [-0.39, 0.29) is 18.1 Å². The lowest BCUT2D eigenvalue weighted by Gasteiger charge is -2.21. The number of unbranched alkanes of at least 4 members (excludes halogenated alkanes) is 1. The minimum atomic E-state index is -0.880. The molecule has 35 heavy (non-hydrogen) atoms. The maximum absolute atomic E-state index is 13.1. The average Bonchev–Trinajstić information content (AvgIpc) is 3.32. The Kier molecular flexibility index (Phi) is 10.3. The quantitative estimate of drug-likeness (QED) is 0.233. The third-order valence-electron chi connectivity index (χ3n) is 5.72. The van der Waals surface area contributed by atoms with E-state index in [1.165, 1.54) is 9.75 Å². The van der Waals surface area contributed by atoms with Gasteiger partial charge in [0.05, 0.1) is 0 Å². The van der Waals surface area contributed by atoms with E-state index in [0.29, 0.717) is 18.7 Å². The second-order valence-electron chi connectivity index (χ2n) is 8.47. The molecule has 186 valence electrons. The number of benzene rings is 2. The standard InChI is InChI=1S/C27H34N4O3S/c28-16-5-4-8-22-13-14-23(35-22)15-17-30-26(33)24(18-19-9-11-21(32)12-10-19)31-27(34)25(29)20-6-2-1-3-7-20/h1-3,6-7,9-14,24-25,32H,4-5,8,15-18,28-29H2,(H,30,33)(H,31,34)/t24-,25+/m0/s1. The summed E-state index contributed by atoms with van der Waals surface area (Å²) in [6.45, 7) is 1.18. The minimum absolute atomic E-state index is 0.142. The highest BCUT2D eigenvalue weighted by Gasteiger charge is 2.25. The predicted molar refractivity (Wildman–Crippen MR) is 140 cm³/mol. The van der Waals surface area contributed by atoms with Crippen LogP contribution in [0, 0.1) is 0 Å². The number of amides is 2. The molecule has 0 aliphatic rings. The number of hydrogen-bond donors (Lipinski definition) is 5. The number of aryl methyl sites for hydroxylation is 1. The molecule has 0 saturated carbocycles. The maximum atomic E-state index is 13.1. The number of thiophene rings is 1. The van der Waals surface area contributed by atoms with Crippen LogP contribution >= 0.6 is 11.3 Å². The molecule has 1 heterocycles. The van der Waals surface area contributed by atoms with E-state index in [1.54, 1.807) is 47.7 Å². The Hall–Kier alpha value is -3.20. The fourth-order valence-corrected chi connectivity index (χ4v) is 4.78. The molecule has 7 N–H and O–H groups in total. The van der Waals surface area contributed by atoms with E-state index in [1.807, 2.05) is 18.2 Å². The summed E-state index contributed by atoms with van der Waals surface area (Å²) in [6, 6.07) is 18.2. The molecule has 1 aromatic heterocycles. The molecule has 3 rings (SSSR count).